The van der Waals surface area contributed by atoms with E-state index in [2.05, 4.69) is 15.6 Å². The van der Waals surface area contributed by atoms with Crippen LogP contribution in [0.2, 0.25) is 5.15 Å². The van der Waals surface area contributed by atoms with Gasteiger partial charge in [0, 0.05) is 29.8 Å². The van der Waals surface area contributed by atoms with Crippen LogP contribution in [0.4, 0.5) is 5.69 Å². The molecule has 1 atom stereocenters. The molecule has 2 N–H and O–H groups in total. The van der Waals surface area contributed by atoms with Gasteiger partial charge in [-0.2, -0.15) is 0 Å². The molecule has 0 bridgehead atoms. The summed E-state index contributed by atoms with van der Waals surface area (Å²) in [5, 5.41) is 8.10. The van der Waals surface area contributed by atoms with Crippen molar-refractivity contribution in [2.45, 2.75) is 25.8 Å². The highest BCUT2D eigenvalue weighted by Gasteiger charge is 2.17. The van der Waals surface area contributed by atoms with Crippen LogP contribution in [0, 0.1) is 0 Å². The van der Waals surface area contributed by atoms with E-state index >= 15 is 0 Å². The average molecular weight is 401 g/mol. The molecule has 0 spiro atoms. The first kappa shape index (κ1) is 17.8. The largest absolute Gasteiger partial charge is 0.346 e. The van der Waals surface area contributed by atoms with E-state index in [1.807, 2.05) is 41.1 Å². The summed E-state index contributed by atoms with van der Waals surface area (Å²) >= 11 is 7.62. The van der Waals surface area contributed by atoms with Crippen molar-refractivity contribution in [2.24, 2.45) is 0 Å². The number of rotatable bonds is 4. The molecule has 3 aromatic rings. The van der Waals surface area contributed by atoms with E-state index in [0.29, 0.717) is 23.7 Å². The molecule has 138 valence electrons. The molecule has 0 radical (unpaired) electrons. The summed E-state index contributed by atoms with van der Waals surface area (Å²) in [5.41, 5.74) is 3.62. The predicted molar refractivity (Wildman–Crippen MR) is 107 cm³/mol. The molecule has 0 fully saturated rings. The summed E-state index contributed by atoms with van der Waals surface area (Å²) in [5.74, 6) is -0.172. The van der Waals surface area contributed by atoms with Crippen molar-refractivity contribution >= 4 is 51.5 Å². The number of aromatic nitrogens is 2. The van der Waals surface area contributed by atoms with Gasteiger partial charge in [0.1, 0.15) is 0 Å². The number of imidazole rings is 1. The van der Waals surface area contributed by atoms with Gasteiger partial charge in [-0.1, -0.05) is 23.7 Å². The van der Waals surface area contributed by atoms with Gasteiger partial charge in [-0.15, -0.1) is 11.3 Å². The molecule has 1 aliphatic heterocycles. The number of carbonyl (C=O) groups excluding carboxylic acids is 2. The van der Waals surface area contributed by atoms with Gasteiger partial charge < -0.3 is 10.6 Å². The number of aryl methyl sites for hydroxylation is 1. The summed E-state index contributed by atoms with van der Waals surface area (Å²) in [6.45, 7) is 1.93. The molecule has 3 heterocycles. The second-order valence-electron chi connectivity index (χ2n) is 6.37. The van der Waals surface area contributed by atoms with Gasteiger partial charge in [0.15, 0.2) is 10.1 Å². The topological polar surface area (TPSA) is 75.5 Å². The van der Waals surface area contributed by atoms with E-state index in [4.69, 9.17) is 11.6 Å². The van der Waals surface area contributed by atoms with E-state index in [9.17, 15) is 9.59 Å². The molecule has 1 aliphatic rings. The number of benzene rings is 1. The monoisotopic (exact) mass is 400 g/mol. The van der Waals surface area contributed by atoms with Crippen molar-refractivity contribution in [3.63, 3.8) is 0 Å². The summed E-state index contributed by atoms with van der Waals surface area (Å²) in [6.07, 6.45) is 6.20. The smallest absolute Gasteiger partial charge is 0.244 e. The number of nitrogens with one attached hydrogen (secondary N) is 2. The van der Waals surface area contributed by atoms with Crippen molar-refractivity contribution in [3.8, 4) is 0 Å². The first-order chi connectivity index (χ1) is 13.0. The molecule has 27 heavy (non-hydrogen) atoms. The van der Waals surface area contributed by atoms with E-state index in [0.717, 1.165) is 21.8 Å². The van der Waals surface area contributed by atoms with Crippen LogP contribution < -0.4 is 10.6 Å². The number of nitrogens with zero attached hydrogens (tertiary/aromatic N) is 2. The lowest BCUT2D eigenvalue weighted by molar-refractivity contribution is -0.117. The maximum atomic E-state index is 12.3. The standard InChI is InChI=1S/C19H17ClN4O2S/c1-11(12-2-4-14-13(10-12)3-6-17(26)22-14)21-16(25)7-5-15-18(20)23-19-24(15)8-9-27-19/h2,4-5,7-11H,3,6H2,1H3,(H,21,25)(H,22,26)/b7-5+. The zero-order valence-corrected chi connectivity index (χ0v) is 16.1. The van der Waals surface area contributed by atoms with E-state index < -0.39 is 0 Å². The Morgan fingerprint density at radius 2 is 2.30 bits per heavy atom. The number of amides is 2. The molecule has 2 aromatic heterocycles. The maximum Gasteiger partial charge on any atom is 0.244 e. The zero-order chi connectivity index (χ0) is 19.0. The number of halogens is 1. The second-order valence-corrected chi connectivity index (χ2v) is 7.60. The Hall–Kier alpha value is -2.64. The van der Waals surface area contributed by atoms with Crippen LogP contribution in [-0.4, -0.2) is 21.2 Å². The lowest BCUT2D eigenvalue weighted by atomic mass is 9.98. The minimum atomic E-state index is -0.213. The molecule has 1 unspecified atom stereocenters. The minimum absolute atomic E-state index is 0.0417. The molecule has 8 heteroatoms. The quantitative estimate of drug-likeness (QED) is 0.653. The van der Waals surface area contributed by atoms with Crippen LogP contribution in [0.1, 0.15) is 36.2 Å². The van der Waals surface area contributed by atoms with Crippen LogP contribution in [0.5, 0.6) is 0 Å². The third kappa shape index (κ3) is 3.61. The Morgan fingerprint density at radius 1 is 1.44 bits per heavy atom. The fourth-order valence-electron chi connectivity index (χ4n) is 3.10. The molecule has 0 saturated carbocycles. The van der Waals surface area contributed by atoms with Crippen LogP contribution >= 0.6 is 22.9 Å². The number of hydrogen-bond donors (Lipinski definition) is 2. The molecule has 0 saturated heterocycles. The minimum Gasteiger partial charge on any atom is -0.346 e. The van der Waals surface area contributed by atoms with Crippen molar-refractivity contribution in [1.29, 1.82) is 0 Å². The van der Waals surface area contributed by atoms with Crippen LogP contribution in [0.15, 0.2) is 35.9 Å². The summed E-state index contributed by atoms with van der Waals surface area (Å²) < 4.78 is 1.85. The number of hydrogen-bond acceptors (Lipinski definition) is 4. The van der Waals surface area contributed by atoms with Gasteiger partial charge >= 0.3 is 0 Å². The fraction of sp³-hybridized carbons (Fsp3) is 0.211. The predicted octanol–water partition coefficient (Wildman–Crippen LogP) is 3.82. The SMILES string of the molecule is CC(NC(=O)/C=C/c1c(Cl)nc2sccn12)c1ccc2c(c1)CCC(=O)N2. The average Bonchev–Trinajstić information content (AvgIpc) is 3.20. The number of carbonyl (C=O) groups is 2. The normalized spacial score (nSPS) is 15.0. The summed E-state index contributed by atoms with van der Waals surface area (Å²) in [4.78, 5) is 28.8. The van der Waals surface area contributed by atoms with Gasteiger partial charge in [-0.25, -0.2) is 4.98 Å². The van der Waals surface area contributed by atoms with Crippen LogP contribution in [-0.2, 0) is 16.0 Å². The Bertz CT molecular complexity index is 1070. The van der Waals surface area contributed by atoms with Crippen LogP contribution in [0.3, 0.4) is 0 Å². The van der Waals surface area contributed by atoms with Crippen molar-refractivity contribution in [1.82, 2.24) is 14.7 Å². The lowest BCUT2D eigenvalue weighted by Gasteiger charge is -2.20. The molecule has 1 aromatic carbocycles. The number of fused-ring (bicyclic) bond motifs is 2. The van der Waals surface area contributed by atoms with E-state index in [1.165, 1.54) is 17.4 Å². The van der Waals surface area contributed by atoms with Gasteiger partial charge in [0.25, 0.3) is 0 Å². The summed E-state index contributed by atoms with van der Waals surface area (Å²) in [7, 11) is 0. The Labute approximate surface area is 164 Å². The van der Waals surface area contributed by atoms with E-state index in [1.54, 1.807) is 6.08 Å². The zero-order valence-electron chi connectivity index (χ0n) is 14.5. The third-order valence-corrected chi connectivity index (χ3v) is 5.57. The van der Waals surface area contributed by atoms with Gasteiger partial charge in [0.2, 0.25) is 11.8 Å². The first-order valence-corrected chi connectivity index (χ1v) is 9.79. The fourth-order valence-corrected chi connectivity index (χ4v) is 4.10. The van der Waals surface area contributed by atoms with E-state index in [-0.39, 0.29) is 17.9 Å². The molecular weight excluding hydrogens is 384 g/mol. The van der Waals surface area contributed by atoms with Crippen molar-refractivity contribution in [3.05, 3.63) is 57.8 Å². The number of anilines is 1. The number of thiazole rings is 1. The highest BCUT2D eigenvalue weighted by molar-refractivity contribution is 7.15. The molecule has 0 aliphatic carbocycles. The first-order valence-electron chi connectivity index (χ1n) is 8.53. The van der Waals surface area contributed by atoms with Gasteiger partial charge in [0.05, 0.1) is 11.7 Å². The summed E-state index contributed by atoms with van der Waals surface area (Å²) in [6, 6.07) is 5.68. The molecule has 2 amide bonds. The molecule has 4 rings (SSSR count). The van der Waals surface area contributed by atoms with Crippen LogP contribution in [0.25, 0.3) is 11.0 Å². The van der Waals surface area contributed by atoms with Crippen molar-refractivity contribution < 1.29 is 9.59 Å². The van der Waals surface area contributed by atoms with Crippen molar-refractivity contribution in [2.75, 3.05) is 5.32 Å². The lowest BCUT2D eigenvalue weighted by Crippen LogP contribution is -2.25. The Balaban J connectivity index is 1.46. The molecular formula is C19H17ClN4O2S. The maximum absolute atomic E-state index is 12.3. The second kappa shape index (κ2) is 7.17. The van der Waals surface area contributed by atoms with Gasteiger partial charge in [-0.3, -0.25) is 14.0 Å². The Morgan fingerprint density at radius 3 is 3.15 bits per heavy atom. The third-order valence-electron chi connectivity index (χ3n) is 4.53. The van der Waals surface area contributed by atoms with Gasteiger partial charge in [-0.05, 0) is 36.6 Å². The molecule has 6 nitrogen and oxygen atoms in total. The Kier molecular flexibility index (Phi) is 4.72. The highest BCUT2D eigenvalue weighted by Crippen LogP contribution is 2.26. The highest BCUT2D eigenvalue weighted by atomic mass is 35.5.